The molecule has 1 amide bonds. The second kappa shape index (κ2) is 4.84. The van der Waals surface area contributed by atoms with Crippen molar-refractivity contribution in [3.63, 3.8) is 0 Å². The Balaban J connectivity index is 1.79. The smallest absolute Gasteiger partial charge is 0.408 e. The second-order valence-corrected chi connectivity index (χ2v) is 5.97. The lowest BCUT2D eigenvalue weighted by Gasteiger charge is -2.22. The molecule has 1 unspecified atom stereocenters. The fourth-order valence-corrected chi connectivity index (χ4v) is 3.28. The van der Waals surface area contributed by atoms with E-state index in [1.807, 2.05) is 30.0 Å². The van der Waals surface area contributed by atoms with Gasteiger partial charge in [-0.15, -0.1) is 0 Å². The first-order valence-electron chi connectivity index (χ1n) is 7.57. The number of fused-ring (bicyclic) bond motifs is 2. The van der Waals surface area contributed by atoms with Crippen molar-refractivity contribution in [1.29, 1.82) is 0 Å². The summed E-state index contributed by atoms with van der Waals surface area (Å²) < 4.78 is 6.61. The number of oxazole rings is 1. The van der Waals surface area contributed by atoms with Gasteiger partial charge in [-0.25, -0.2) is 4.79 Å². The highest BCUT2D eigenvalue weighted by atomic mass is 16.4. The maximum Gasteiger partial charge on any atom is 0.419 e. The van der Waals surface area contributed by atoms with Gasteiger partial charge in [0, 0.05) is 24.3 Å². The lowest BCUT2D eigenvalue weighted by Crippen LogP contribution is -2.35. The molecule has 1 atom stereocenters. The summed E-state index contributed by atoms with van der Waals surface area (Å²) in [6.45, 7) is 2.04. The van der Waals surface area contributed by atoms with Crippen LogP contribution >= 0.6 is 0 Å². The highest BCUT2D eigenvalue weighted by Crippen LogP contribution is 2.33. The van der Waals surface area contributed by atoms with Gasteiger partial charge in [0.05, 0.1) is 5.52 Å². The first-order chi connectivity index (χ1) is 11.1. The van der Waals surface area contributed by atoms with Gasteiger partial charge in [-0.2, -0.15) is 0 Å². The van der Waals surface area contributed by atoms with Gasteiger partial charge in [-0.1, -0.05) is 18.2 Å². The molecule has 1 aromatic heterocycles. The van der Waals surface area contributed by atoms with Crippen molar-refractivity contribution in [1.82, 2.24) is 4.57 Å². The summed E-state index contributed by atoms with van der Waals surface area (Å²) in [5.41, 5.74) is 3.78. The minimum Gasteiger partial charge on any atom is -0.408 e. The predicted octanol–water partition coefficient (Wildman–Crippen LogP) is 2.72. The van der Waals surface area contributed by atoms with Gasteiger partial charge < -0.3 is 9.32 Å². The summed E-state index contributed by atoms with van der Waals surface area (Å²) in [6, 6.07) is 13.2. The van der Waals surface area contributed by atoms with E-state index in [1.165, 1.54) is 10.1 Å². The van der Waals surface area contributed by atoms with E-state index in [4.69, 9.17) is 4.42 Å². The molecular formula is C18H16N2O3. The van der Waals surface area contributed by atoms with E-state index in [0.29, 0.717) is 16.7 Å². The average Bonchev–Trinajstić information content (AvgIpc) is 3.02. The molecule has 2 aromatic carbocycles. The molecule has 0 fully saturated rings. The van der Waals surface area contributed by atoms with Crippen LogP contribution < -0.4 is 10.7 Å². The molecule has 1 aliphatic rings. The van der Waals surface area contributed by atoms with Crippen molar-refractivity contribution in [2.75, 3.05) is 4.90 Å². The van der Waals surface area contributed by atoms with Crippen LogP contribution in [0, 0.1) is 0 Å². The Labute approximate surface area is 132 Å². The molecule has 3 aromatic rings. The maximum atomic E-state index is 13.0. The summed E-state index contributed by atoms with van der Waals surface area (Å²) in [5, 5.41) is 0. The Bertz CT molecular complexity index is 983. The molecule has 0 bridgehead atoms. The van der Waals surface area contributed by atoms with E-state index in [0.717, 1.165) is 12.1 Å². The van der Waals surface area contributed by atoms with E-state index in [-0.39, 0.29) is 11.9 Å². The first kappa shape index (κ1) is 13.8. The zero-order chi connectivity index (χ0) is 16.1. The van der Waals surface area contributed by atoms with Crippen LogP contribution in [0.15, 0.2) is 51.7 Å². The van der Waals surface area contributed by atoms with Gasteiger partial charge in [0.1, 0.15) is 0 Å². The number of amides is 1. The third kappa shape index (κ3) is 2.00. The minimum absolute atomic E-state index is 0.0733. The van der Waals surface area contributed by atoms with Crippen LogP contribution in [-0.2, 0) is 13.5 Å². The topological polar surface area (TPSA) is 55.5 Å². The maximum absolute atomic E-state index is 13.0. The van der Waals surface area contributed by atoms with Crippen LogP contribution in [-0.4, -0.2) is 16.5 Å². The number of anilines is 1. The lowest BCUT2D eigenvalue weighted by atomic mass is 10.1. The largest absolute Gasteiger partial charge is 0.419 e. The second-order valence-electron chi connectivity index (χ2n) is 5.97. The van der Waals surface area contributed by atoms with Crippen molar-refractivity contribution in [3.8, 4) is 0 Å². The van der Waals surface area contributed by atoms with Gasteiger partial charge >= 0.3 is 5.76 Å². The van der Waals surface area contributed by atoms with Crippen LogP contribution in [0.3, 0.4) is 0 Å². The van der Waals surface area contributed by atoms with Gasteiger partial charge in [0.25, 0.3) is 5.91 Å². The fourth-order valence-electron chi connectivity index (χ4n) is 3.28. The monoisotopic (exact) mass is 308 g/mol. The van der Waals surface area contributed by atoms with Gasteiger partial charge in [-0.3, -0.25) is 9.36 Å². The van der Waals surface area contributed by atoms with E-state index >= 15 is 0 Å². The number of para-hydroxylation sites is 1. The van der Waals surface area contributed by atoms with Crippen molar-refractivity contribution in [2.45, 2.75) is 19.4 Å². The van der Waals surface area contributed by atoms with Gasteiger partial charge in [0.2, 0.25) is 0 Å². The van der Waals surface area contributed by atoms with Crippen LogP contribution in [0.5, 0.6) is 0 Å². The Morgan fingerprint density at radius 1 is 1.22 bits per heavy atom. The minimum atomic E-state index is -0.426. The third-order valence-electron chi connectivity index (χ3n) is 4.47. The third-order valence-corrected chi connectivity index (χ3v) is 4.47. The molecule has 2 heterocycles. The van der Waals surface area contributed by atoms with E-state index in [9.17, 15) is 9.59 Å². The predicted molar refractivity (Wildman–Crippen MR) is 87.9 cm³/mol. The zero-order valence-corrected chi connectivity index (χ0v) is 12.9. The van der Waals surface area contributed by atoms with E-state index < -0.39 is 5.76 Å². The number of carbonyl (C=O) groups is 1. The summed E-state index contributed by atoms with van der Waals surface area (Å²) in [7, 11) is 1.65. The van der Waals surface area contributed by atoms with Crippen molar-refractivity contribution < 1.29 is 9.21 Å². The molecule has 5 heteroatoms. The molecule has 4 rings (SSSR count). The Kier molecular flexibility index (Phi) is 2.91. The fraction of sp³-hybridized carbons (Fsp3) is 0.222. The molecular weight excluding hydrogens is 292 g/mol. The van der Waals surface area contributed by atoms with E-state index in [1.54, 1.807) is 25.2 Å². The molecule has 116 valence electrons. The Morgan fingerprint density at radius 2 is 2.00 bits per heavy atom. The molecule has 0 saturated heterocycles. The highest BCUT2D eigenvalue weighted by Gasteiger charge is 2.31. The number of hydrogen-bond acceptors (Lipinski definition) is 3. The molecule has 0 spiro atoms. The molecule has 1 aliphatic heterocycles. The number of benzene rings is 2. The summed E-state index contributed by atoms with van der Waals surface area (Å²) >= 11 is 0. The summed E-state index contributed by atoms with van der Waals surface area (Å²) in [4.78, 5) is 26.4. The van der Waals surface area contributed by atoms with Crippen LogP contribution in [0.25, 0.3) is 11.1 Å². The zero-order valence-electron chi connectivity index (χ0n) is 12.9. The Hall–Kier alpha value is -2.82. The quantitative estimate of drug-likeness (QED) is 0.694. The molecule has 5 nitrogen and oxygen atoms in total. The summed E-state index contributed by atoms with van der Waals surface area (Å²) in [5.74, 6) is -0.500. The lowest BCUT2D eigenvalue weighted by molar-refractivity contribution is 0.0981. The number of rotatable bonds is 1. The number of nitrogens with zero attached hydrogens (tertiary/aromatic N) is 2. The Morgan fingerprint density at radius 3 is 2.83 bits per heavy atom. The van der Waals surface area contributed by atoms with Crippen LogP contribution in [0.1, 0.15) is 22.8 Å². The molecule has 0 aliphatic carbocycles. The number of aryl methyl sites for hydroxylation is 1. The highest BCUT2D eigenvalue weighted by molar-refractivity contribution is 6.09. The normalized spacial score (nSPS) is 16.8. The first-order valence-corrected chi connectivity index (χ1v) is 7.57. The number of aromatic nitrogens is 1. The van der Waals surface area contributed by atoms with Gasteiger partial charge in [-0.05, 0) is 43.2 Å². The summed E-state index contributed by atoms with van der Waals surface area (Å²) in [6.07, 6.45) is 0.852. The number of carbonyl (C=O) groups excluding carboxylic acids is 1. The van der Waals surface area contributed by atoms with Crippen molar-refractivity contribution in [3.05, 3.63) is 64.1 Å². The molecule has 0 saturated carbocycles. The van der Waals surface area contributed by atoms with E-state index in [2.05, 4.69) is 6.07 Å². The van der Waals surface area contributed by atoms with Crippen molar-refractivity contribution >= 4 is 22.7 Å². The van der Waals surface area contributed by atoms with Crippen LogP contribution in [0.2, 0.25) is 0 Å². The molecule has 23 heavy (non-hydrogen) atoms. The number of hydrogen-bond donors (Lipinski definition) is 0. The molecule has 0 N–H and O–H groups in total. The van der Waals surface area contributed by atoms with Crippen molar-refractivity contribution in [2.24, 2.45) is 7.05 Å². The van der Waals surface area contributed by atoms with Gasteiger partial charge in [0.15, 0.2) is 5.58 Å². The molecule has 0 radical (unpaired) electrons. The SMILES string of the molecule is CC1Cc2ccccc2N1C(=O)c1ccc2c(c1)oc(=O)n2C. The van der Waals surface area contributed by atoms with Crippen LogP contribution in [0.4, 0.5) is 5.69 Å². The average molecular weight is 308 g/mol. The standard InChI is InChI=1S/C18H16N2O3/c1-11-9-12-5-3-4-6-14(12)20(11)17(21)13-7-8-15-16(10-13)23-18(22)19(15)2/h3-8,10-11H,9H2,1-2H3.